The highest BCUT2D eigenvalue weighted by molar-refractivity contribution is 6.37. The zero-order chi connectivity index (χ0) is 16.9. The van der Waals surface area contributed by atoms with Gasteiger partial charge in [-0.05, 0) is 31.5 Å². The monoisotopic (exact) mass is 369 g/mol. The van der Waals surface area contributed by atoms with Crippen LogP contribution in [0.5, 0.6) is 5.75 Å². The highest BCUT2D eigenvalue weighted by atomic mass is 35.5. The van der Waals surface area contributed by atoms with E-state index in [1.165, 1.54) is 0 Å². The summed E-state index contributed by atoms with van der Waals surface area (Å²) >= 11 is 12.1. The molecule has 1 aromatic heterocycles. The zero-order valence-corrected chi connectivity index (χ0v) is 14.4. The van der Waals surface area contributed by atoms with Crippen molar-refractivity contribution in [2.24, 2.45) is 0 Å². The Morgan fingerprint density at radius 3 is 2.92 bits per heavy atom. The summed E-state index contributed by atoms with van der Waals surface area (Å²) in [6.45, 7) is 1.84. The largest absolute Gasteiger partial charge is 0.482 e. The molecule has 1 atom stereocenters. The van der Waals surface area contributed by atoms with E-state index in [2.05, 4.69) is 15.8 Å². The van der Waals surface area contributed by atoms with E-state index in [1.54, 1.807) is 24.3 Å². The maximum Gasteiger partial charge on any atom is 0.273 e. The molecule has 1 aromatic carbocycles. The molecule has 2 heterocycles. The fourth-order valence-electron chi connectivity index (χ4n) is 2.49. The van der Waals surface area contributed by atoms with Crippen LogP contribution in [0, 0.1) is 0 Å². The molecule has 1 fully saturated rings. The molecule has 3 rings (SSSR count). The van der Waals surface area contributed by atoms with E-state index >= 15 is 0 Å². The van der Waals surface area contributed by atoms with E-state index in [-0.39, 0.29) is 24.2 Å². The van der Waals surface area contributed by atoms with Crippen molar-refractivity contribution in [1.82, 2.24) is 15.8 Å². The number of nitrogens with one attached hydrogen (secondary N) is 2. The van der Waals surface area contributed by atoms with Crippen molar-refractivity contribution in [3.8, 4) is 5.75 Å². The van der Waals surface area contributed by atoms with Gasteiger partial charge in [-0.25, -0.2) is 0 Å². The number of hydrogen-bond acceptors (Lipinski definition) is 5. The number of amides is 1. The molecule has 0 saturated carbocycles. The van der Waals surface area contributed by atoms with Gasteiger partial charge in [0.2, 0.25) is 0 Å². The first-order valence-corrected chi connectivity index (χ1v) is 8.43. The van der Waals surface area contributed by atoms with E-state index in [4.69, 9.17) is 32.5 Å². The second-order valence-electron chi connectivity index (χ2n) is 5.53. The molecule has 0 aliphatic carbocycles. The summed E-state index contributed by atoms with van der Waals surface area (Å²) in [4.78, 5) is 12.2. The lowest BCUT2D eigenvalue weighted by molar-refractivity contribution is 0.0921. The molecule has 1 aliphatic rings. The Morgan fingerprint density at radius 1 is 1.42 bits per heavy atom. The van der Waals surface area contributed by atoms with Crippen LogP contribution in [-0.2, 0) is 6.61 Å². The van der Waals surface area contributed by atoms with Crippen LogP contribution in [0.1, 0.15) is 29.1 Å². The standard InChI is InChI=1S/C16H17Cl2N3O3/c17-12-4-1-5-13(18)15(12)23-9-11-7-14(21-24-11)16(22)20-10-3-2-6-19-8-10/h1,4-5,7,10,19H,2-3,6,8-9H2,(H,20,22). The normalized spacial score (nSPS) is 17.5. The third-order valence-corrected chi connectivity index (χ3v) is 4.30. The number of benzene rings is 1. The molecular formula is C16H17Cl2N3O3. The number of carbonyl (C=O) groups is 1. The van der Waals surface area contributed by atoms with Gasteiger partial charge in [0.1, 0.15) is 6.61 Å². The molecule has 0 radical (unpaired) electrons. The van der Waals surface area contributed by atoms with Crippen molar-refractivity contribution in [1.29, 1.82) is 0 Å². The van der Waals surface area contributed by atoms with Gasteiger partial charge < -0.3 is 19.9 Å². The van der Waals surface area contributed by atoms with Gasteiger partial charge in [0, 0.05) is 18.7 Å². The number of aromatic nitrogens is 1. The minimum atomic E-state index is -0.255. The maximum absolute atomic E-state index is 12.2. The second kappa shape index (κ2) is 7.88. The number of para-hydroxylation sites is 1. The number of carbonyl (C=O) groups excluding carboxylic acids is 1. The fraction of sp³-hybridized carbons (Fsp3) is 0.375. The molecule has 128 valence electrons. The molecule has 24 heavy (non-hydrogen) atoms. The van der Waals surface area contributed by atoms with Crippen molar-refractivity contribution in [3.05, 3.63) is 45.8 Å². The van der Waals surface area contributed by atoms with Gasteiger partial charge >= 0.3 is 0 Å². The van der Waals surface area contributed by atoms with E-state index in [9.17, 15) is 4.79 Å². The average molecular weight is 370 g/mol. The van der Waals surface area contributed by atoms with E-state index in [1.807, 2.05) is 0 Å². The molecule has 1 saturated heterocycles. The molecule has 1 unspecified atom stereocenters. The molecule has 0 bridgehead atoms. The first kappa shape index (κ1) is 17.1. The maximum atomic E-state index is 12.2. The van der Waals surface area contributed by atoms with Gasteiger partial charge in [-0.2, -0.15) is 0 Å². The number of hydrogen-bond donors (Lipinski definition) is 2. The Balaban J connectivity index is 1.58. The Labute approximate surface area is 149 Å². The summed E-state index contributed by atoms with van der Waals surface area (Å²) in [5.41, 5.74) is 0.226. The summed E-state index contributed by atoms with van der Waals surface area (Å²) in [6.07, 6.45) is 2.00. The lowest BCUT2D eigenvalue weighted by Gasteiger charge is -2.23. The highest BCUT2D eigenvalue weighted by Crippen LogP contribution is 2.32. The minimum absolute atomic E-state index is 0.0781. The fourth-order valence-corrected chi connectivity index (χ4v) is 2.99. The van der Waals surface area contributed by atoms with Crippen LogP contribution in [0.4, 0.5) is 0 Å². The molecule has 1 amide bonds. The van der Waals surface area contributed by atoms with Gasteiger partial charge in [-0.1, -0.05) is 34.4 Å². The summed E-state index contributed by atoms with van der Waals surface area (Å²) in [5, 5.41) is 10.8. The summed E-state index contributed by atoms with van der Waals surface area (Å²) in [5.74, 6) is 0.531. The third kappa shape index (κ3) is 4.20. The topological polar surface area (TPSA) is 76.4 Å². The summed E-state index contributed by atoms with van der Waals surface area (Å²) in [7, 11) is 0. The van der Waals surface area contributed by atoms with E-state index < -0.39 is 0 Å². The van der Waals surface area contributed by atoms with Crippen molar-refractivity contribution < 1.29 is 14.1 Å². The third-order valence-electron chi connectivity index (χ3n) is 3.70. The van der Waals surface area contributed by atoms with Crippen LogP contribution >= 0.6 is 23.2 Å². The van der Waals surface area contributed by atoms with Crippen molar-refractivity contribution in [3.63, 3.8) is 0 Å². The Morgan fingerprint density at radius 2 is 2.21 bits per heavy atom. The zero-order valence-electron chi connectivity index (χ0n) is 12.9. The molecular weight excluding hydrogens is 353 g/mol. The van der Waals surface area contributed by atoms with Crippen LogP contribution in [-0.4, -0.2) is 30.2 Å². The molecule has 1 aliphatic heterocycles. The van der Waals surface area contributed by atoms with Crippen molar-refractivity contribution in [2.75, 3.05) is 13.1 Å². The molecule has 6 nitrogen and oxygen atoms in total. The van der Waals surface area contributed by atoms with Gasteiger partial charge in [-0.15, -0.1) is 0 Å². The van der Waals surface area contributed by atoms with Gasteiger partial charge in [0.25, 0.3) is 5.91 Å². The molecule has 2 aromatic rings. The van der Waals surface area contributed by atoms with Crippen LogP contribution in [0.15, 0.2) is 28.8 Å². The Hall–Kier alpha value is -1.76. The first-order valence-electron chi connectivity index (χ1n) is 7.67. The van der Waals surface area contributed by atoms with Gasteiger partial charge in [0.05, 0.1) is 10.0 Å². The molecule has 0 spiro atoms. The Bertz CT molecular complexity index is 694. The average Bonchev–Trinajstić information content (AvgIpc) is 3.04. The first-order chi connectivity index (χ1) is 11.6. The minimum Gasteiger partial charge on any atom is -0.482 e. The highest BCUT2D eigenvalue weighted by Gasteiger charge is 2.19. The van der Waals surface area contributed by atoms with Crippen LogP contribution < -0.4 is 15.4 Å². The van der Waals surface area contributed by atoms with E-state index in [0.29, 0.717) is 21.6 Å². The quantitative estimate of drug-likeness (QED) is 0.846. The predicted molar refractivity (Wildman–Crippen MR) is 90.7 cm³/mol. The number of halogens is 2. The summed E-state index contributed by atoms with van der Waals surface area (Å²) in [6, 6.07) is 6.76. The lowest BCUT2D eigenvalue weighted by Crippen LogP contribution is -2.45. The molecule has 2 N–H and O–H groups in total. The SMILES string of the molecule is O=C(NC1CCCNC1)c1cc(COc2c(Cl)cccc2Cl)on1. The predicted octanol–water partition coefficient (Wildman–Crippen LogP) is 3.04. The van der Waals surface area contributed by atoms with Crippen molar-refractivity contribution >= 4 is 29.1 Å². The number of nitrogens with zero attached hydrogens (tertiary/aromatic N) is 1. The second-order valence-corrected chi connectivity index (χ2v) is 6.35. The lowest BCUT2D eigenvalue weighted by atomic mass is 10.1. The van der Waals surface area contributed by atoms with Crippen molar-refractivity contribution in [2.45, 2.75) is 25.5 Å². The summed E-state index contributed by atoms with van der Waals surface area (Å²) < 4.78 is 10.7. The molecule has 8 heteroatoms. The number of ether oxygens (including phenoxy) is 1. The van der Waals surface area contributed by atoms with Crippen LogP contribution in [0.25, 0.3) is 0 Å². The smallest absolute Gasteiger partial charge is 0.273 e. The number of rotatable bonds is 5. The van der Waals surface area contributed by atoms with E-state index in [0.717, 1.165) is 25.9 Å². The van der Waals surface area contributed by atoms with Crippen LogP contribution in [0.3, 0.4) is 0 Å². The van der Waals surface area contributed by atoms with Gasteiger partial charge in [-0.3, -0.25) is 4.79 Å². The van der Waals surface area contributed by atoms with Crippen LogP contribution in [0.2, 0.25) is 10.0 Å². The van der Waals surface area contributed by atoms with Gasteiger partial charge in [0.15, 0.2) is 17.2 Å². The number of piperidine rings is 1. The Kier molecular flexibility index (Phi) is 5.60.